The molecule has 0 fully saturated rings. The van der Waals surface area contributed by atoms with Crippen LogP contribution in [0.1, 0.15) is 169 Å². The second-order valence-corrected chi connectivity index (χ2v) is 12.0. The van der Waals surface area contributed by atoms with Gasteiger partial charge in [-0.25, -0.2) is 0 Å². The molecule has 0 spiro atoms. The van der Waals surface area contributed by atoms with E-state index in [2.05, 4.69) is 51.5 Å². The molecule has 0 saturated heterocycles. The molecule has 0 aliphatic rings. The molecule has 0 atom stereocenters. The summed E-state index contributed by atoms with van der Waals surface area (Å²) in [6.07, 6.45) is 30.1. The Kier molecular flexibility index (Phi) is 26.7. The second kappa shape index (κ2) is 27.3. The number of allylic oxidation sites excluding steroid dienone is 2. The fourth-order valence-corrected chi connectivity index (χ4v) is 5.00. The Bertz CT molecular complexity index is 525. The van der Waals surface area contributed by atoms with E-state index < -0.39 is 0 Å². The summed E-state index contributed by atoms with van der Waals surface area (Å²) in [5, 5.41) is 0. The molecule has 0 aliphatic heterocycles. The van der Waals surface area contributed by atoms with Gasteiger partial charge in [0.05, 0.1) is 0 Å². The maximum atomic E-state index is 4.36. The fourth-order valence-electron chi connectivity index (χ4n) is 5.00. The van der Waals surface area contributed by atoms with Gasteiger partial charge in [-0.2, -0.15) is 0 Å². The van der Waals surface area contributed by atoms with E-state index in [4.69, 9.17) is 0 Å². The molecule has 0 aliphatic carbocycles. The summed E-state index contributed by atoms with van der Waals surface area (Å²) in [5.41, 5.74) is 5.84. The van der Waals surface area contributed by atoms with Gasteiger partial charge < -0.3 is 4.90 Å². The zero-order valence-electron chi connectivity index (χ0n) is 25.6. The SMILES string of the molecule is C=C=C(C)CCCCCCCN(CCCCCCCC(=C)CCCCCCCCCC)CCC(C)C. The molecule has 212 valence electrons. The summed E-state index contributed by atoms with van der Waals surface area (Å²) in [7, 11) is 0. The van der Waals surface area contributed by atoms with Crippen LogP contribution in [0.2, 0.25) is 0 Å². The van der Waals surface area contributed by atoms with Gasteiger partial charge in [-0.1, -0.05) is 123 Å². The number of rotatable bonds is 28. The first-order valence-corrected chi connectivity index (χ1v) is 16.2. The van der Waals surface area contributed by atoms with E-state index in [1.54, 1.807) is 0 Å². The third-order valence-electron chi connectivity index (χ3n) is 7.74. The summed E-state index contributed by atoms with van der Waals surface area (Å²) in [6.45, 7) is 21.2. The van der Waals surface area contributed by atoms with Crippen molar-refractivity contribution in [1.29, 1.82) is 0 Å². The highest BCUT2D eigenvalue weighted by molar-refractivity contribution is 4.94. The van der Waals surface area contributed by atoms with E-state index in [0.717, 1.165) is 5.92 Å². The molecule has 0 saturated carbocycles. The van der Waals surface area contributed by atoms with Crippen molar-refractivity contribution in [3.63, 3.8) is 0 Å². The standard InChI is InChI=1S/C35H67N/c1-7-9-10-11-12-13-16-22-27-35(6)28-23-18-15-20-25-31-36(32-29-33(3)4)30-24-19-14-17-21-26-34(5)8-2/h33H,2,6-7,9-32H2,1,3-5H3. The van der Waals surface area contributed by atoms with Gasteiger partial charge in [0.15, 0.2) is 0 Å². The Morgan fingerprint density at radius 1 is 0.611 bits per heavy atom. The molecule has 36 heavy (non-hydrogen) atoms. The van der Waals surface area contributed by atoms with E-state index in [1.165, 1.54) is 172 Å². The van der Waals surface area contributed by atoms with Crippen LogP contribution < -0.4 is 0 Å². The van der Waals surface area contributed by atoms with Crippen LogP contribution in [0.15, 0.2) is 30.0 Å². The lowest BCUT2D eigenvalue weighted by molar-refractivity contribution is 0.246. The lowest BCUT2D eigenvalue weighted by Crippen LogP contribution is -2.28. The van der Waals surface area contributed by atoms with Crippen LogP contribution in [0, 0.1) is 5.92 Å². The smallest absolute Gasteiger partial charge is 0.00163 e. The number of nitrogens with zero attached hydrogens (tertiary/aromatic N) is 1. The molecule has 0 N–H and O–H groups in total. The summed E-state index contributed by atoms with van der Waals surface area (Å²) in [4.78, 5) is 2.76. The Balaban J connectivity index is 3.73. The Morgan fingerprint density at radius 3 is 1.47 bits per heavy atom. The predicted octanol–water partition coefficient (Wildman–Crippen LogP) is 11.8. The van der Waals surface area contributed by atoms with Crippen molar-refractivity contribution in [2.45, 2.75) is 169 Å². The van der Waals surface area contributed by atoms with Crippen molar-refractivity contribution < 1.29 is 0 Å². The van der Waals surface area contributed by atoms with Gasteiger partial charge in [-0.3, -0.25) is 0 Å². The van der Waals surface area contributed by atoms with Crippen LogP contribution in [-0.4, -0.2) is 24.5 Å². The highest BCUT2D eigenvalue weighted by atomic mass is 15.1. The third kappa shape index (κ3) is 26.3. The van der Waals surface area contributed by atoms with Gasteiger partial charge in [-0.15, -0.1) is 5.73 Å². The molecule has 0 heterocycles. The van der Waals surface area contributed by atoms with Crippen LogP contribution in [0.5, 0.6) is 0 Å². The predicted molar refractivity (Wildman–Crippen MR) is 166 cm³/mol. The fraction of sp³-hybridized carbons (Fsp3) is 0.857. The van der Waals surface area contributed by atoms with Gasteiger partial charge in [0.25, 0.3) is 0 Å². The van der Waals surface area contributed by atoms with E-state index in [-0.39, 0.29) is 0 Å². The minimum atomic E-state index is 0.813. The van der Waals surface area contributed by atoms with E-state index in [0.29, 0.717) is 0 Å². The Hall–Kier alpha value is -0.780. The van der Waals surface area contributed by atoms with Crippen molar-refractivity contribution in [3.05, 3.63) is 30.0 Å². The first kappa shape index (κ1) is 35.2. The highest BCUT2D eigenvalue weighted by Crippen LogP contribution is 2.17. The van der Waals surface area contributed by atoms with Gasteiger partial charge in [0.2, 0.25) is 0 Å². The number of unbranched alkanes of at least 4 members (excludes halogenated alkanes) is 15. The van der Waals surface area contributed by atoms with Gasteiger partial charge in [-0.05, 0) is 95.8 Å². The summed E-state index contributed by atoms with van der Waals surface area (Å²) >= 11 is 0. The van der Waals surface area contributed by atoms with Crippen molar-refractivity contribution >= 4 is 0 Å². The van der Waals surface area contributed by atoms with Crippen molar-refractivity contribution in [2.24, 2.45) is 5.92 Å². The summed E-state index contributed by atoms with van der Waals surface area (Å²) < 4.78 is 0. The molecule has 1 nitrogen and oxygen atoms in total. The maximum absolute atomic E-state index is 4.36. The molecule has 0 aromatic heterocycles. The monoisotopic (exact) mass is 502 g/mol. The van der Waals surface area contributed by atoms with Crippen molar-refractivity contribution in [1.82, 2.24) is 4.90 Å². The largest absolute Gasteiger partial charge is 0.303 e. The maximum Gasteiger partial charge on any atom is -0.00163 e. The number of hydrogen-bond acceptors (Lipinski definition) is 1. The third-order valence-corrected chi connectivity index (χ3v) is 7.74. The van der Waals surface area contributed by atoms with Crippen LogP contribution in [0.25, 0.3) is 0 Å². The zero-order valence-corrected chi connectivity index (χ0v) is 25.6. The first-order valence-electron chi connectivity index (χ1n) is 16.2. The highest BCUT2D eigenvalue weighted by Gasteiger charge is 2.06. The molecule has 0 rings (SSSR count). The van der Waals surface area contributed by atoms with Crippen LogP contribution in [-0.2, 0) is 0 Å². The van der Waals surface area contributed by atoms with E-state index in [1.807, 2.05) is 0 Å². The average Bonchev–Trinajstić information content (AvgIpc) is 2.86. The lowest BCUT2D eigenvalue weighted by atomic mass is 10.0. The minimum Gasteiger partial charge on any atom is -0.303 e. The lowest BCUT2D eigenvalue weighted by Gasteiger charge is -2.23. The van der Waals surface area contributed by atoms with Crippen LogP contribution >= 0.6 is 0 Å². The summed E-state index contributed by atoms with van der Waals surface area (Å²) in [6, 6.07) is 0. The summed E-state index contributed by atoms with van der Waals surface area (Å²) in [5.74, 6) is 0.813. The molecule has 0 amide bonds. The quantitative estimate of drug-likeness (QED) is 0.0585. The molecular formula is C35H67N. The van der Waals surface area contributed by atoms with Crippen LogP contribution in [0.4, 0.5) is 0 Å². The van der Waals surface area contributed by atoms with Crippen molar-refractivity contribution in [3.8, 4) is 0 Å². The van der Waals surface area contributed by atoms with Gasteiger partial charge in [0.1, 0.15) is 0 Å². The van der Waals surface area contributed by atoms with Gasteiger partial charge in [0, 0.05) is 0 Å². The van der Waals surface area contributed by atoms with E-state index >= 15 is 0 Å². The Labute approximate surface area is 229 Å². The van der Waals surface area contributed by atoms with E-state index in [9.17, 15) is 0 Å². The molecule has 0 bridgehead atoms. The first-order chi connectivity index (χ1) is 17.5. The Morgan fingerprint density at radius 2 is 1.03 bits per heavy atom. The average molecular weight is 502 g/mol. The number of hydrogen-bond donors (Lipinski definition) is 0. The molecule has 1 heteroatoms. The molecule has 0 aromatic carbocycles. The van der Waals surface area contributed by atoms with Crippen LogP contribution in [0.3, 0.4) is 0 Å². The topological polar surface area (TPSA) is 3.24 Å². The zero-order chi connectivity index (χ0) is 26.7. The normalized spacial score (nSPS) is 11.4. The van der Waals surface area contributed by atoms with Crippen molar-refractivity contribution in [2.75, 3.05) is 19.6 Å². The minimum absolute atomic E-state index is 0.813. The molecular weight excluding hydrogens is 434 g/mol. The molecule has 0 unspecified atom stereocenters. The van der Waals surface area contributed by atoms with Gasteiger partial charge >= 0.3 is 0 Å². The molecule has 0 aromatic rings. The second-order valence-electron chi connectivity index (χ2n) is 12.0. The molecule has 0 radical (unpaired) electrons.